The average molecular weight is 446 g/mol. The molecular formula is C20H21ClFN7O2. The van der Waals surface area contributed by atoms with E-state index < -0.39 is 11.9 Å². The van der Waals surface area contributed by atoms with Crippen LogP contribution < -0.4 is 15.5 Å². The number of aromatic nitrogens is 4. The predicted octanol–water partition coefficient (Wildman–Crippen LogP) is 3.64. The van der Waals surface area contributed by atoms with Crippen LogP contribution in [0.25, 0.3) is 0 Å². The van der Waals surface area contributed by atoms with Crippen LogP contribution in [0.15, 0.2) is 42.7 Å². The number of nitrogens with zero attached hydrogens (tertiary/aromatic N) is 5. The Hall–Kier alpha value is -3.53. The van der Waals surface area contributed by atoms with E-state index in [-0.39, 0.29) is 23.7 Å². The van der Waals surface area contributed by atoms with E-state index in [9.17, 15) is 9.18 Å². The number of halogens is 2. The van der Waals surface area contributed by atoms with Crippen molar-refractivity contribution in [2.45, 2.75) is 25.9 Å². The number of amides is 1. The van der Waals surface area contributed by atoms with Gasteiger partial charge in [0.05, 0.1) is 6.20 Å². The number of anilines is 3. The van der Waals surface area contributed by atoms with Crippen LogP contribution in [-0.4, -0.2) is 44.2 Å². The van der Waals surface area contributed by atoms with Crippen LogP contribution in [0.5, 0.6) is 0 Å². The highest BCUT2D eigenvalue weighted by Crippen LogP contribution is 2.23. The van der Waals surface area contributed by atoms with Crippen molar-refractivity contribution in [1.82, 2.24) is 25.3 Å². The molecule has 2 aromatic heterocycles. The first-order valence-corrected chi connectivity index (χ1v) is 9.75. The van der Waals surface area contributed by atoms with Gasteiger partial charge in [-0.3, -0.25) is 0 Å². The van der Waals surface area contributed by atoms with Gasteiger partial charge >= 0.3 is 6.09 Å². The summed E-state index contributed by atoms with van der Waals surface area (Å²) in [7, 11) is 1.62. The molecule has 1 atom stereocenters. The fourth-order valence-electron chi connectivity index (χ4n) is 2.96. The molecule has 0 fully saturated rings. The highest BCUT2D eigenvalue weighted by atomic mass is 35.5. The van der Waals surface area contributed by atoms with Gasteiger partial charge in [-0.05, 0) is 42.1 Å². The summed E-state index contributed by atoms with van der Waals surface area (Å²) in [4.78, 5) is 28.3. The molecule has 11 heteroatoms. The lowest BCUT2D eigenvalue weighted by Gasteiger charge is -2.19. The lowest BCUT2D eigenvalue weighted by atomic mass is 10.0. The Balaban J connectivity index is 1.67. The van der Waals surface area contributed by atoms with E-state index >= 15 is 0 Å². The van der Waals surface area contributed by atoms with Gasteiger partial charge in [0.2, 0.25) is 11.2 Å². The second kappa shape index (κ2) is 9.98. The van der Waals surface area contributed by atoms with Crippen LogP contribution in [-0.2, 0) is 13.0 Å². The summed E-state index contributed by atoms with van der Waals surface area (Å²) in [5, 5.41) is 14.3. The molecule has 0 bridgehead atoms. The quantitative estimate of drug-likeness (QED) is 0.450. The number of rotatable bonds is 8. The van der Waals surface area contributed by atoms with Gasteiger partial charge in [-0.25, -0.2) is 19.2 Å². The Bertz CT molecular complexity index is 1070. The molecule has 3 aromatic rings. The Morgan fingerprint density at radius 2 is 2.03 bits per heavy atom. The molecule has 2 heterocycles. The molecule has 0 aliphatic heterocycles. The van der Waals surface area contributed by atoms with E-state index in [1.165, 1.54) is 4.90 Å². The van der Waals surface area contributed by atoms with Crippen LogP contribution in [0.4, 0.5) is 26.8 Å². The third-order valence-electron chi connectivity index (χ3n) is 4.35. The molecule has 1 aromatic carbocycles. The summed E-state index contributed by atoms with van der Waals surface area (Å²) in [6, 6.07) is 9.26. The molecule has 0 spiro atoms. The first kappa shape index (κ1) is 22.2. The van der Waals surface area contributed by atoms with Crippen molar-refractivity contribution >= 4 is 35.3 Å². The molecule has 0 saturated carbocycles. The Kier molecular flexibility index (Phi) is 7.14. The second-order valence-corrected chi connectivity index (χ2v) is 7.17. The number of carboxylic acid groups (broad SMARTS) is 1. The Labute approximate surface area is 183 Å². The zero-order valence-electron chi connectivity index (χ0n) is 16.9. The molecule has 31 heavy (non-hydrogen) atoms. The van der Waals surface area contributed by atoms with Gasteiger partial charge in [0, 0.05) is 25.8 Å². The van der Waals surface area contributed by atoms with Gasteiger partial charge < -0.3 is 20.6 Å². The average Bonchev–Trinajstić information content (AvgIpc) is 2.74. The van der Waals surface area contributed by atoms with Gasteiger partial charge in [-0.2, -0.15) is 9.97 Å². The monoisotopic (exact) mass is 445 g/mol. The van der Waals surface area contributed by atoms with E-state index in [0.29, 0.717) is 18.2 Å². The largest absolute Gasteiger partial charge is 0.465 e. The van der Waals surface area contributed by atoms with Crippen molar-refractivity contribution in [3.8, 4) is 0 Å². The number of nitrogens with one attached hydrogen (secondary N) is 2. The number of hydrogen-bond donors (Lipinski definition) is 3. The topological polar surface area (TPSA) is 116 Å². The van der Waals surface area contributed by atoms with Crippen molar-refractivity contribution in [3.05, 3.63) is 65.0 Å². The fourth-order valence-corrected chi connectivity index (χ4v) is 3.08. The molecule has 0 radical (unpaired) electrons. The van der Waals surface area contributed by atoms with E-state index in [0.717, 1.165) is 17.3 Å². The lowest BCUT2D eigenvalue weighted by Crippen LogP contribution is -2.22. The molecule has 0 aliphatic carbocycles. The summed E-state index contributed by atoms with van der Waals surface area (Å²) >= 11 is 5.78. The minimum Gasteiger partial charge on any atom is -0.465 e. The maximum atomic E-state index is 14.1. The first-order valence-electron chi connectivity index (χ1n) is 9.38. The first-order chi connectivity index (χ1) is 14.8. The van der Waals surface area contributed by atoms with Crippen molar-refractivity contribution in [2.24, 2.45) is 0 Å². The normalized spacial score (nSPS) is 11.6. The Morgan fingerprint density at radius 3 is 2.81 bits per heavy atom. The molecule has 1 amide bonds. The van der Waals surface area contributed by atoms with Crippen LogP contribution >= 0.6 is 11.6 Å². The lowest BCUT2D eigenvalue weighted by molar-refractivity contribution is 0.194. The van der Waals surface area contributed by atoms with Crippen LogP contribution in [0.3, 0.4) is 0 Å². The SMILES string of the molecule is CC(Cc1cccc(CNC(=O)O)c1)Nc1nccc(N(C)c2nc(Cl)ncc2F)n1. The summed E-state index contributed by atoms with van der Waals surface area (Å²) in [6.07, 6.45) is 2.17. The fraction of sp³-hybridized carbons (Fsp3) is 0.250. The summed E-state index contributed by atoms with van der Waals surface area (Å²) in [6.45, 7) is 2.22. The van der Waals surface area contributed by atoms with E-state index in [1.807, 2.05) is 31.2 Å². The highest BCUT2D eigenvalue weighted by molar-refractivity contribution is 6.28. The van der Waals surface area contributed by atoms with E-state index in [4.69, 9.17) is 16.7 Å². The Morgan fingerprint density at radius 1 is 1.26 bits per heavy atom. The zero-order valence-corrected chi connectivity index (χ0v) is 17.6. The van der Waals surface area contributed by atoms with E-state index in [2.05, 4.69) is 30.6 Å². The third-order valence-corrected chi connectivity index (χ3v) is 4.53. The minimum atomic E-state index is -1.06. The van der Waals surface area contributed by atoms with Gasteiger partial charge in [0.15, 0.2) is 11.6 Å². The van der Waals surface area contributed by atoms with Crippen molar-refractivity contribution in [3.63, 3.8) is 0 Å². The molecule has 162 valence electrons. The highest BCUT2D eigenvalue weighted by Gasteiger charge is 2.15. The van der Waals surface area contributed by atoms with Crippen LogP contribution in [0.1, 0.15) is 18.1 Å². The smallest absolute Gasteiger partial charge is 0.404 e. The predicted molar refractivity (Wildman–Crippen MR) is 115 cm³/mol. The van der Waals surface area contributed by atoms with Gasteiger partial charge in [-0.15, -0.1) is 0 Å². The molecular weight excluding hydrogens is 425 g/mol. The van der Waals surface area contributed by atoms with Gasteiger partial charge in [0.1, 0.15) is 5.82 Å². The zero-order chi connectivity index (χ0) is 22.4. The molecule has 1 unspecified atom stereocenters. The second-order valence-electron chi connectivity index (χ2n) is 6.84. The number of hydrogen-bond acceptors (Lipinski definition) is 7. The van der Waals surface area contributed by atoms with Gasteiger partial charge in [0.25, 0.3) is 0 Å². The number of carbonyl (C=O) groups is 1. The number of benzene rings is 1. The van der Waals surface area contributed by atoms with E-state index in [1.54, 1.807) is 19.3 Å². The molecule has 3 N–H and O–H groups in total. The maximum Gasteiger partial charge on any atom is 0.404 e. The van der Waals surface area contributed by atoms with Crippen molar-refractivity contribution in [1.29, 1.82) is 0 Å². The minimum absolute atomic E-state index is 0.00415. The van der Waals surface area contributed by atoms with Crippen molar-refractivity contribution in [2.75, 3.05) is 17.3 Å². The molecule has 0 saturated heterocycles. The van der Waals surface area contributed by atoms with Crippen LogP contribution in [0, 0.1) is 5.82 Å². The molecule has 3 rings (SSSR count). The van der Waals surface area contributed by atoms with Crippen molar-refractivity contribution < 1.29 is 14.3 Å². The van der Waals surface area contributed by atoms with Crippen LogP contribution in [0.2, 0.25) is 5.28 Å². The van der Waals surface area contributed by atoms with Gasteiger partial charge in [-0.1, -0.05) is 24.3 Å². The summed E-state index contributed by atoms with van der Waals surface area (Å²) in [5.74, 6) is 0.191. The molecule has 9 nitrogen and oxygen atoms in total. The molecule has 0 aliphatic rings. The summed E-state index contributed by atoms with van der Waals surface area (Å²) in [5.41, 5.74) is 1.91. The maximum absolute atomic E-state index is 14.1. The summed E-state index contributed by atoms with van der Waals surface area (Å²) < 4.78 is 14.1. The third kappa shape index (κ3) is 6.22. The standard InChI is InChI=1S/C20H21ClFN7O2/c1-12(8-13-4-3-5-14(9-13)10-25-20(30)31)26-19-23-7-6-16(27-19)29(2)17-15(22)11-24-18(21)28-17/h3-7,9,11-12,25H,8,10H2,1-2H3,(H,30,31)(H,23,26,27).